The number of aromatic nitrogens is 2. The topological polar surface area (TPSA) is 69.6 Å². The molecule has 0 unspecified atom stereocenters. The molecule has 2 heterocycles. The van der Waals surface area contributed by atoms with Crippen LogP contribution < -0.4 is 0 Å². The molecule has 1 aromatic rings. The van der Waals surface area contributed by atoms with E-state index in [1.165, 1.54) is 0 Å². The van der Waals surface area contributed by atoms with Gasteiger partial charge in [0.1, 0.15) is 11.5 Å². The van der Waals surface area contributed by atoms with Crippen molar-refractivity contribution in [2.24, 2.45) is 0 Å². The van der Waals surface area contributed by atoms with Gasteiger partial charge in [-0.25, -0.2) is 9.97 Å². The molecule has 114 valence electrons. The van der Waals surface area contributed by atoms with E-state index in [-0.39, 0.29) is 18.1 Å². The average molecular weight is 290 g/mol. The monoisotopic (exact) mass is 290 g/mol. The van der Waals surface area contributed by atoms with E-state index in [1.807, 2.05) is 4.90 Å². The number of hydrogen-bond donors (Lipinski definition) is 1. The highest BCUT2D eigenvalue weighted by atomic mass is 16.3. The fourth-order valence-electron chi connectivity index (χ4n) is 3.34. The van der Waals surface area contributed by atoms with Gasteiger partial charge in [0.2, 0.25) is 0 Å². The Morgan fingerprint density at radius 2 is 2.05 bits per heavy atom. The summed E-state index contributed by atoms with van der Waals surface area (Å²) in [4.78, 5) is 24.8. The minimum Gasteiger partial charge on any atom is -0.391 e. The molecule has 3 rings (SSSR count). The van der Waals surface area contributed by atoms with Crippen molar-refractivity contribution in [1.29, 1.82) is 0 Å². The van der Waals surface area contributed by atoms with E-state index in [2.05, 4.69) is 14.9 Å². The maximum absolute atomic E-state index is 12.4. The lowest BCUT2D eigenvalue weighted by atomic mass is 10.1. The van der Waals surface area contributed by atoms with Crippen molar-refractivity contribution in [2.75, 3.05) is 26.2 Å². The zero-order valence-electron chi connectivity index (χ0n) is 12.4. The third-order valence-electron chi connectivity index (χ3n) is 4.51. The number of hydrogen-bond acceptors (Lipinski definition) is 5. The molecule has 0 radical (unpaired) electrons. The van der Waals surface area contributed by atoms with E-state index in [0.717, 1.165) is 32.4 Å². The van der Waals surface area contributed by atoms with E-state index in [1.54, 1.807) is 19.2 Å². The van der Waals surface area contributed by atoms with Crippen LogP contribution in [0.5, 0.6) is 0 Å². The Labute approximate surface area is 124 Å². The Morgan fingerprint density at radius 1 is 1.29 bits per heavy atom. The minimum atomic E-state index is -0.197. The quantitative estimate of drug-likeness (QED) is 0.857. The summed E-state index contributed by atoms with van der Waals surface area (Å²) in [5.74, 6) is 0.598. The van der Waals surface area contributed by atoms with Gasteiger partial charge in [0, 0.05) is 38.4 Å². The van der Waals surface area contributed by atoms with E-state index < -0.39 is 0 Å². The molecular weight excluding hydrogens is 268 g/mol. The van der Waals surface area contributed by atoms with Crippen molar-refractivity contribution in [3.05, 3.63) is 23.8 Å². The number of aliphatic hydroxyl groups excluding tert-OH is 1. The first-order valence-electron chi connectivity index (χ1n) is 7.66. The molecule has 2 fully saturated rings. The second-order valence-corrected chi connectivity index (χ2v) is 5.88. The smallest absolute Gasteiger partial charge is 0.272 e. The molecule has 6 heteroatoms. The number of aliphatic hydroxyl groups is 1. The fourth-order valence-corrected chi connectivity index (χ4v) is 3.34. The van der Waals surface area contributed by atoms with Crippen LogP contribution in [-0.2, 0) is 0 Å². The first kappa shape index (κ1) is 14.4. The number of carbonyl (C=O) groups excluding carboxylic acids is 1. The molecule has 1 aromatic heterocycles. The van der Waals surface area contributed by atoms with E-state index in [9.17, 15) is 9.90 Å². The van der Waals surface area contributed by atoms with Crippen LogP contribution in [0.25, 0.3) is 0 Å². The van der Waals surface area contributed by atoms with Gasteiger partial charge in [-0.1, -0.05) is 0 Å². The summed E-state index contributed by atoms with van der Waals surface area (Å²) < 4.78 is 0. The Hall–Kier alpha value is -1.53. The first-order chi connectivity index (χ1) is 10.1. The molecule has 0 bridgehead atoms. The Balaban J connectivity index is 1.59. The third-order valence-corrected chi connectivity index (χ3v) is 4.51. The first-order valence-corrected chi connectivity index (χ1v) is 7.66. The molecule has 2 atom stereocenters. The molecular formula is C15H22N4O2. The van der Waals surface area contributed by atoms with Gasteiger partial charge in [-0.05, 0) is 32.3 Å². The van der Waals surface area contributed by atoms with Crippen LogP contribution in [0.3, 0.4) is 0 Å². The Kier molecular flexibility index (Phi) is 4.17. The number of piperazine rings is 1. The summed E-state index contributed by atoms with van der Waals surface area (Å²) in [6, 6.07) is 1.95. The van der Waals surface area contributed by atoms with Crippen molar-refractivity contribution in [1.82, 2.24) is 19.8 Å². The number of carbonyl (C=O) groups is 1. The molecule has 1 amide bonds. The maximum Gasteiger partial charge on any atom is 0.272 e. The molecule has 0 spiro atoms. The fraction of sp³-hybridized carbons (Fsp3) is 0.667. The van der Waals surface area contributed by atoms with Gasteiger partial charge in [0.05, 0.1) is 6.10 Å². The second-order valence-electron chi connectivity index (χ2n) is 5.88. The van der Waals surface area contributed by atoms with Crippen molar-refractivity contribution in [3.8, 4) is 0 Å². The SMILES string of the molecule is Cc1nccc(C(=O)N2CCN([C@H]3CCC[C@@H]3O)CC2)n1. The highest BCUT2D eigenvalue weighted by Crippen LogP contribution is 2.25. The predicted octanol–water partition coefficient (Wildman–Crippen LogP) is 0.456. The minimum absolute atomic E-state index is 0.0212. The molecule has 2 aliphatic rings. The van der Waals surface area contributed by atoms with E-state index >= 15 is 0 Å². The average Bonchev–Trinajstić information content (AvgIpc) is 2.93. The van der Waals surface area contributed by atoms with Crippen LogP contribution in [0, 0.1) is 6.92 Å². The third kappa shape index (κ3) is 3.06. The Bertz CT molecular complexity index is 514. The Morgan fingerprint density at radius 3 is 2.67 bits per heavy atom. The van der Waals surface area contributed by atoms with Crippen LogP contribution in [0.4, 0.5) is 0 Å². The molecule has 1 N–H and O–H groups in total. The summed E-state index contributed by atoms with van der Waals surface area (Å²) in [6.45, 7) is 4.85. The van der Waals surface area contributed by atoms with Gasteiger partial charge in [0.15, 0.2) is 0 Å². The summed E-state index contributed by atoms with van der Waals surface area (Å²) >= 11 is 0. The van der Waals surface area contributed by atoms with Gasteiger partial charge in [-0.3, -0.25) is 9.69 Å². The number of aryl methyl sites for hydroxylation is 1. The van der Waals surface area contributed by atoms with Gasteiger partial charge in [-0.15, -0.1) is 0 Å². The highest BCUT2D eigenvalue weighted by Gasteiger charge is 2.33. The summed E-state index contributed by atoms with van der Waals surface area (Å²) in [6.07, 6.45) is 4.51. The van der Waals surface area contributed by atoms with Gasteiger partial charge in [0.25, 0.3) is 5.91 Å². The zero-order valence-corrected chi connectivity index (χ0v) is 12.4. The highest BCUT2D eigenvalue weighted by molar-refractivity contribution is 5.92. The van der Waals surface area contributed by atoms with E-state index in [0.29, 0.717) is 24.6 Å². The number of nitrogens with zero attached hydrogens (tertiary/aromatic N) is 4. The predicted molar refractivity (Wildman–Crippen MR) is 77.9 cm³/mol. The molecule has 1 saturated heterocycles. The second kappa shape index (κ2) is 6.07. The van der Waals surface area contributed by atoms with Crippen LogP contribution in [-0.4, -0.2) is 69.1 Å². The lowest BCUT2D eigenvalue weighted by Crippen LogP contribution is -2.53. The summed E-state index contributed by atoms with van der Waals surface area (Å²) in [7, 11) is 0. The standard InChI is InChI=1S/C15H22N4O2/c1-11-16-6-5-12(17-11)15(21)19-9-7-18(8-10-19)13-3-2-4-14(13)20/h5-6,13-14,20H,2-4,7-10H2,1H3/t13-,14-/m0/s1. The van der Waals surface area contributed by atoms with Crippen LogP contribution >= 0.6 is 0 Å². The maximum atomic E-state index is 12.4. The van der Waals surface area contributed by atoms with Crippen LogP contribution in [0.2, 0.25) is 0 Å². The zero-order chi connectivity index (χ0) is 14.8. The molecule has 1 aliphatic carbocycles. The molecule has 6 nitrogen and oxygen atoms in total. The molecule has 21 heavy (non-hydrogen) atoms. The molecule has 1 saturated carbocycles. The van der Waals surface area contributed by atoms with Gasteiger partial charge >= 0.3 is 0 Å². The van der Waals surface area contributed by atoms with Crippen LogP contribution in [0.1, 0.15) is 35.6 Å². The van der Waals surface area contributed by atoms with Crippen molar-refractivity contribution < 1.29 is 9.90 Å². The van der Waals surface area contributed by atoms with E-state index in [4.69, 9.17) is 0 Å². The van der Waals surface area contributed by atoms with Crippen molar-refractivity contribution in [3.63, 3.8) is 0 Å². The van der Waals surface area contributed by atoms with Crippen molar-refractivity contribution in [2.45, 2.75) is 38.3 Å². The normalized spacial score (nSPS) is 27.0. The van der Waals surface area contributed by atoms with Gasteiger partial charge in [-0.2, -0.15) is 0 Å². The lowest BCUT2D eigenvalue weighted by Gasteiger charge is -2.39. The summed E-state index contributed by atoms with van der Waals surface area (Å²) in [5, 5.41) is 9.99. The largest absolute Gasteiger partial charge is 0.391 e. The molecule has 0 aromatic carbocycles. The summed E-state index contributed by atoms with van der Waals surface area (Å²) in [5.41, 5.74) is 0.469. The van der Waals surface area contributed by atoms with Crippen LogP contribution in [0.15, 0.2) is 12.3 Å². The number of rotatable bonds is 2. The van der Waals surface area contributed by atoms with Gasteiger partial charge < -0.3 is 10.0 Å². The van der Waals surface area contributed by atoms with Crippen molar-refractivity contribution >= 4 is 5.91 Å². The number of amides is 1. The molecule has 1 aliphatic heterocycles. The lowest BCUT2D eigenvalue weighted by molar-refractivity contribution is 0.0313.